The van der Waals surface area contributed by atoms with Crippen molar-refractivity contribution < 1.29 is 4.79 Å². The van der Waals surface area contributed by atoms with Crippen molar-refractivity contribution in [2.75, 3.05) is 0 Å². The van der Waals surface area contributed by atoms with Crippen molar-refractivity contribution in [2.45, 2.75) is 6.42 Å². The Labute approximate surface area is 101 Å². The van der Waals surface area contributed by atoms with E-state index in [0.717, 1.165) is 15.4 Å². The average molecular weight is 277 g/mol. The van der Waals surface area contributed by atoms with Crippen molar-refractivity contribution in [1.29, 1.82) is 5.26 Å². The molecule has 0 N–H and O–H groups in total. The lowest BCUT2D eigenvalue weighted by Gasteiger charge is -1.96. The van der Waals surface area contributed by atoms with Crippen molar-refractivity contribution >= 4 is 32.6 Å². The van der Waals surface area contributed by atoms with Gasteiger partial charge >= 0.3 is 0 Å². The number of hydrogen-bond donors (Lipinski definition) is 0. The molecule has 0 atom stereocenters. The Kier molecular flexibility index (Phi) is 2.80. The molecule has 3 nitrogen and oxygen atoms in total. The van der Waals surface area contributed by atoms with E-state index in [0.29, 0.717) is 5.56 Å². The van der Waals surface area contributed by atoms with Crippen molar-refractivity contribution in [1.82, 2.24) is 4.57 Å². The zero-order valence-electron chi connectivity index (χ0n) is 8.70. The van der Waals surface area contributed by atoms with Crippen molar-refractivity contribution in [2.24, 2.45) is 7.05 Å². The Hall–Kier alpha value is -1.60. The van der Waals surface area contributed by atoms with Gasteiger partial charge in [-0.1, -0.05) is 22.0 Å². The van der Waals surface area contributed by atoms with E-state index in [9.17, 15) is 4.79 Å². The highest BCUT2D eigenvalue weighted by atomic mass is 79.9. The van der Waals surface area contributed by atoms with Crippen LogP contribution in [0.5, 0.6) is 0 Å². The van der Waals surface area contributed by atoms with Gasteiger partial charge in [-0.2, -0.15) is 5.26 Å². The van der Waals surface area contributed by atoms with E-state index in [2.05, 4.69) is 15.9 Å². The monoisotopic (exact) mass is 276 g/mol. The molecule has 0 saturated heterocycles. The fourth-order valence-corrected chi connectivity index (χ4v) is 2.10. The van der Waals surface area contributed by atoms with E-state index in [1.807, 2.05) is 35.9 Å². The highest BCUT2D eigenvalue weighted by Gasteiger charge is 2.13. The Morgan fingerprint density at radius 3 is 3.00 bits per heavy atom. The van der Waals surface area contributed by atoms with Gasteiger partial charge < -0.3 is 4.57 Å². The quantitative estimate of drug-likeness (QED) is 0.792. The number of carbonyl (C=O) groups is 1. The fourth-order valence-electron chi connectivity index (χ4n) is 1.75. The summed E-state index contributed by atoms with van der Waals surface area (Å²) in [7, 11) is 1.89. The predicted octanol–water partition coefficient (Wildman–Crippen LogP) is 3.04. The van der Waals surface area contributed by atoms with Crippen LogP contribution in [-0.2, 0) is 7.05 Å². The standard InChI is InChI=1S/C12H9BrN2O/c1-15-7-10(12(16)4-5-14)9-3-2-8(13)6-11(9)15/h2-3,6-7H,4H2,1H3. The molecular formula is C12H9BrN2O. The molecule has 0 radical (unpaired) electrons. The van der Waals surface area contributed by atoms with Crippen molar-refractivity contribution in [3.05, 3.63) is 34.4 Å². The maximum Gasteiger partial charge on any atom is 0.179 e. The van der Waals surface area contributed by atoms with Crippen LogP contribution in [0.2, 0.25) is 0 Å². The summed E-state index contributed by atoms with van der Waals surface area (Å²) in [4.78, 5) is 11.7. The Bertz CT molecular complexity index is 607. The lowest BCUT2D eigenvalue weighted by Crippen LogP contribution is -1.95. The zero-order valence-corrected chi connectivity index (χ0v) is 10.3. The topological polar surface area (TPSA) is 45.8 Å². The number of aryl methyl sites for hydroxylation is 1. The van der Waals surface area contributed by atoms with Crippen molar-refractivity contribution in [3.63, 3.8) is 0 Å². The van der Waals surface area contributed by atoms with Gasteiger partial charge in [0.05, 0.1) is 12.5 Å². The second kappa shape index (κ2) is 4.11. The first kappa shape index (κ1) is 10.9. The summed E-state index contributed by atoms with van der Waals surface area (Å²) in [6, 6.07) is 7.63. The van der Waals surface area contributed by atoms with Crippen LogP contribution >= 0.6 is 15.9 Å². The largest absolute Gasteiger partial charge is 0.350 e. The Morgan fingerprint density at radius 1 is 1.56 bits per heavy atom. The third-order valence-electron chi connectivity index (χ3n) is 2.49. The highest BCUT2D eigenvalue weighted by Crippen LogP contribution is 2.25. The average Bonchev–Trinajstić information content (AvgIpc) is 2.56. The molecule has 0 fully saturated rings. The van der Waals surface area contributed by atoms with Gasteiger partial charge in [-0.15, -0.1) is 0 Å². The van der Waals surface area contributed by atoms with Crippen LogP contribution in [0.1, 0.15) is 16.8 Å². The minimum Gasteiger partial charge on any atom is -0.350 e. The van der Waals surface area contributed by atoms with E-state index < -0.39 is 0 Å². The highest BCUT2D eigenvalue weighted by molar-refractivity contribution is 9.10. The first-order valence-corrected chi connectivity index (χ1v) is 5.57. The minimum atomic E-state index is -0.129. The van der Waals surface area contributed by atoms with Gasteiger partial charge in [-0.3, -0.25) is 4.79 Å². The maximum absolute atomic E-state index is 11.7. The van der Waals surface area contributed by atoms with Crippen LogP contribution in [0.15, 0.2) is 28.9 Å². The number of fused-ring (bicyclic) bond motifs is 1. The zero-order chi connectivity index (χ0) is 11.7. The van der Waals surface area contributed by atoms with Gasteiger partial charge in [0, 0.05) is 34.2 Å². The molecule has 0 aliphatic rings. The number of hydrogen-bond acceptors (Lipinski definition) is 2. The number of Topliss-reactive ketones (excluding diaryl/α,β-unsaturated/α-hetero) is 1. The number of benzene rings is 1. The lowest BCUT2D eigenvalue weighted by atomic mass is 10.1. The summed E-state index contributed by atoms with van der Waals surface area (Å²) in [6.07, 6.45) is 1.70. The van der Waals surface area contributed by atoms with Gasteiger partial charge in [0.2, 0.25) is 0 Å². The molecule has 0 saturated carbocycles. The minimum absolute atomic E-state index is 0.0742. The van der Waals surface area contributed by atoms with E-state index in [1.165, 1.54) is 0 Å². The summed E-state index contributed by atoms with van der Waals surface area (Å²) >= 11 is 3.39. The van der Waals surface area contributed by atoms with Crippen LogP contribution < -0.4 is 0 Å². The Balaban J connectivity index is 2.65. The molecule has 80 valence electrons. The molecule has 0 bridgehead atoms. The molecular weight excluding hydrogens is 268 g/mol. The van der Waals surface area contributed by atoms with Crippen LogP contribution in [-0.4, -0.2) is 10.4 Å². The first-order valence-electron chi connectivity index (χ1n) is 4.78. The van der Waals surface area contributed by atoms with Crippen LogP contribution in [0.25, 0.3) is 10.9 Å². The molecule has 1 aromatic carbocycles. The number of nitrogens with zero attached hydrogens (tertiary/aromatic N) is 2. The van der Waals surface area contributed by atoms with Crippen LogP contribution in [0, 0.1) is 11.3 Å². The molecule has 0 aliphatic heterocycles. The fraction of sp³-hybridized carbons (Fsp3) is 0.167. The molecule has 0 unspecified atom stereocenters. The normalized spacial score (nSPS) is 10.3. The van der Waals surface area contributed by atoms with Gasteiger partial charge in [-0.05, 0) is 12.1 Å². The van der Waals surface area contributed by atoms with Gasteiger partial charge in [0.25, 0.3) is 0 Å². The first-order chi connectivity index (χ1) is 7.63. The number of halogens is 1. The SMILES string of the molecule is Cn1cc(C(=O)CC#N)c2ccc(Br)cc21. The molecule has 0 aliphatic carbocycles. The van der Waals surface area contributed by atoms with Gasteiger partial charge in [0.15, 0.2) is 5.78 Å². The summed E-state index contributed by atoms with van der Waals surface area (Å²) in [5.74, 6) is -0.129. The molecule has 2 rings (SSSR count). The van der Waals surface area contributed by atoms with E-state index in [4.69, 9.17) is 5.26 Å². The maximum atomic E-state index is 11.7. The van der Waals surface area contributed by atoms with Crippen LogP contribution in [0.4, 0.5) is 0 Å². The van der Waals surface area contributed by atoms with E-state index in [1.54, 1.807) is 6.20 Å². The molecule has 1 aromatic heterocycles. The van der Waals surface area contributed by atoms with Crippen LogP contribution in [0.3, 0.4) is 0 Å². The van der Waals surface area contributed by atoms with E-state index >= 15 is 0 Å². The number of nitriles is 1. The second-order valence-electron chi connectivity index (χ2n) is 3.57. The molecule has 0 spiro atoms. The molecule has 0 amide bonds. The Morgan fingerprint density at radius 2 is 2.31 bits per heavy atom. The number of aromatic nitrogens is 1. The summed E-state index contributed by atoms with van der Waals surface area (Å²) in [5.41, 5.74) is 1.60. The predicted molar refractivity (Wildman–Crippen MR) is 65.2 cm³/mol. The summed E-state index contributed by atoms with van der Waals surface area (Å²) < 4.78 is 2.87. The number of carbonyl (C=O) groups excluding carboxylic acids is 1. The van der Waals surface area contributed by atoms with Crippen molar-refractivity contribution in [3.8, 4) is 6.07 Å². The van der Waals surface area contributed by atoms with E-state index in [-0.39, 0.29) is 12.2 Å². The van der Waals surface area contributed by atoms with Gasteiger partial charge in [-0.25, -0.2) is 0 Å². The number of rotatable bonds is 2. The summed E-state index contributed by atoms with van der Waals surface area (Å²) in [6.45, 7) is 0. The second-order valence-corrected chi connectivity index (χ2v) is 4.49. The molecule has 2 aromatic rings. The molecule has 16 heavy (non-hydrogen) atoms. The smallest absolute Gasteiger partial charge is 0.179 e. The number of ketones is 1. The summed E-state index contributed by atoms with van der Waals surface area (Å²) in [5, 5.41) is 9.43. The van der Waals surface area contributed by atoms with Gasteiger partial charge in [0.1, 0.15) is 0 Å². The third kappa shape index (κ3) is 1.74. The third-order valence-corrected chi connectivity index (χ3v) is 2.99. The molecule has 4 heteroatoms. The molecule has 1 heterocycles. The lowest BCUT2D eigenvalue weighted by molar-refractivity contribution is 0.0999.